The van der Waals surface area contributed by atoms with Crippen molar-refractivity contribution in [2.75, 3.05) is 12.5 Å². The standard InChI is InChI=1S/C17H12F3NO3/c18-17(19,20)11-4-1-10(2-5-11)3-6-14(22)12-7-15-16(8-13(12)21)24-9-23-15/h1-8H,9,21H2/b6-3+. The topological polar surface area (TPSA) is 61.6 Å². The van der Waals surface area contributed by atoms with E-state index in [1.165, 1.54) is 36.4 Å². The van der Waals surface area contributed by atoms with Gasteiger partial charge in [0.2, 0.25) is 6.79 Å². The highest BCUT2D eigenvalue weighted by Crippen LogP contribution is 2.36. The molecule has 2 aromatic rings. The Balaban J connectivity index is 1.78. The van der Waals surface area contributed by atoms with Crippen LogP contribution in [0.4, 0.5) is 18.9 Å². The van der Waals surface area contributed by atoms with Gasteiger partial charge in [0.15, 0.2) is 17.3 Å². The number of nitrogen functional groups attached to an aromatic ring is 1. The normalized spacial score (nSPS) is 13.5. The Morgan fingerprint density at radius 2 is 1.71 bits per heavy atom. The van der Waals surface area contributed by atoms with Gasteiger partial charge in [0, 0.05) is 17.3 Å². The Hall–Kier alpha value is -2.96. The van der Waals surface area contributed by atoms with Crippen LogP contribution in [0, 0.1) is 0 Å². The fourth-order valence-electron chi connectivity index (χ4n) is 2.22. The number of rotatable bonds is 3. The third kappa shape index (κ3) is 3.19. The molecule has 1 aliphatic heterocycles. The average Bonchev–Trinajstić information content (AvgIpc) is 2.98. The maximum Gasteiger partial charge on any atom is 0.416 e. The quantitative estimate of drug-likeness (QED) is 0.525. The molecular formula is C17H12F3NO3. The van der Waals surface area contributed by atoms with Crippen molar-refractivity contribution in [1.82, 2.24) is 0 Å². The summed E-state index contributed by atoms with van der Waals surface area (Å²) in [6, 6.07) is 7.47. The van der Waals surface area contributed by atoms with Crippen molar-refractivity contribution >= 4 is 17.5 Å². The minimum atomic E-state index is -4.39. The van der Waals surface area contributed by atoms with Gasteiger partial charge in [0.05, 0.1) is 5.56 Å². The van der Waals surface area contributed by atoms with Crippen molar-refractivity contribution in [3.63, 3.8) is 0 Å². The van der Waals surface area contributed by atoms with Gasteiger partial charge in [-0.3, -0.25) is 4.79 Å². The lowest BCUT2D eigenvalue weighted by Crippen LogP contribution is -2.04. The van der Waals surface area contributed by atoms with Crippen LogP contribution in [0.3, 0.4) is 0 Å². The number of nitrogens with two attached hydrogens (primary N) is 1. The number of ketones is 1. The van der Waals surface area contributed by atoms with Gasteiger partial charge in [-0.05, 0) is 29.8 Å². The van der Waals surface area contributed by atoms with E-state index in [1.807, 2.05) is 0 Å². The van der Waals surface area contributed by atoms with Crippen LogP contribution in [0.25, 0.3) is 6.08 Å². The first-order valence-electron chi connectivity index (χ1n) is 6.93. The van der Waals surface area contributed by atoms with Crippen LogP contribution in [0.2, 0.25) is 0 Å². The molecule has 1 heterocycles. The number of hydrogen-bond acceptors (Lipinski definition) is 4. The number of allylic oxidation sites excluding steroid dienone is 1. The third-order valence-electron chi connectivity index (χ3n) is 3.48. The molecule has 3 rings (SSSR count). The first-order valence-corrected chi connectivity index (χ1v) is 6.93. The molecule has 0 aromatic heterocycles. The van der Waals surface area contributed by atoms with Crippen molar-refractivity contribution in [3.8, 4) is 11.5 Å². The summed E-state index contributed by atoms with van der Waals surface area (Å²) in [6.07, 6.45) is -1.72. The van der Waals surface area contributed by atoms with E-state index in [1.54, 1.807) is 0 Å². The Kier molecular flexibility index (Phi) is 3.92. The van der Waals surface area contributed by atoms with Crippen LogP contribution in [0.15, 0.2) is 42.5 Å². The predicted molar refractivity (Wildman–Crippen MR) is 81.8 cm³/mol. The van der Waals surface area contributed by atoms with E-state index >= 15 is 0 Å². The summed E-state index contributed by atoms with van der Waals surface area (Å²) < 4.78 is 47.9. The maximum absolute atomic E-state index is 12.5. The Bertz CT molecular complexity index is 811. The second kappa shape index (κ2) is 5.92. The lowest BCUT2D eigenvalue weighted by atomic mass is 10.1. The highest BCUT2D eigenvalue weighted by atomic mass is 19.4. The number of fused-ring (bicyclic) bond motifs is 1. The molecule has 0 radical (unpaired) electrons. The molecule has 1 aliphatic rings. The zero-order chi connectivity index (χ0) is 17.3. The molecule has 0 spiro atoms. The molecule has 0 amide bonds. The van der Waals surface area contributed by atoms with Crippen LogP contribution >= 0.6 is 0 Å². The van der Waals surface area contributed by atoms with Crippen LogP contribution in [-0.4, -0.2) is 12.6 Å². The van der Waals surface area contributed by atoms with Crippen molar-refractivity contribution in [2.45, 2.75) is 6.18 Å². The van der Waals surface area contributed by atoms with E-state index in [0.29, 0.717) is 17.1 Å². The van der Waals surface area contributed by atoms with Crippen LogP contribution in [0.5, 0.6) is 11.5 Å². The molecule has 0 unspecified atom stereocenters. The third-order valence-corrected chi connectivity index (χ3v) is 3.48. The second-order valence-corrected chi connectivity index (χ2v) is 5.11. The van der Waals surface area contributed by atoms with Gasteiger partial charge in [0.1, 0.15) is 0 Å². The van der Waals surface area contributed by atoms with Gasteiger partial charge < -0.3 is 15.2 Å². The summed E-state index contributed by atoms with van der Waals surface area (Å²) in [7, 11) is 0. The molecule has 7 heteroatoms. The molecule has 0 atom stereocenters. The summed E-state index contributed by atoms with van der Waals surface area (Å²) in [5.41, 5.74) is 6.02. The Labute approximate surface area is 135 Å². The van der Waals surface area contributed by atoms with E-state index in [2.05, 4.69) is 0 Å². The van der Waals surface area contributed by atoms with Crippen LogP contribution < -0.4 is 15.2 Å². The number of ether oxygens (including phenoxy) is 2. The number of anilines is 1. The van der Waals surface area contributed by atoms with E-state index in [9.17, 15) is 18.0 Å². The maximum atomic E-state index is 12.5. The van der Waals surface area contributed by atoms with Crippen molar-refractivity contribution < 1.29 is 27.4 Å². The zero-order valence-electron chi connectivity index (χ0n) is 12.3. The molecule has 2 aromatic carbocycles. The molecule has 124 valence electrons. The number of halogens is 3. The highest BCUT2D eigenvalue weighted by Gasteiger charge is 2.29. The Morgan fingerprint density at radius 1 is 1.08 bits per heavy atom. The summed E-state index contributed by atoms with van der Waals surface area (Å²) in [5, 5.41) is 0. The molecule has 0 fully saturated rings. The van der Waals surface area contributed by atoms with E-state index < -0.39 is 11.7 Å². The zero-order valence-corrected chi connectivity index (χ0v) is 12.3. The van der Waals surface area contributed by atoms with Crippen LogP contribution in [0.1, 0.15) is 21.5 Å². The molecule has 24 heavy (non-hydrogen) atoms. The number of benzene rings is 2. The van der Waals surface area contributed by atoms with Crippen molar-refractivity contribution in [1.29, 1.82) is 0 Å². The minimum absolute atomic E-state index is 0.0633. The number of alkyl halides is 3. The van der Waals surface area contributed by atoms with Crippen molar-refractivity contribution in [3.05, 3.63) is 59.2 Å². The largest absolute Gasteiger partial charge is 0.454 e. The molecule has 0 saturated carbocycles. The average molecular weight is 335 g/mol. The second-order valence-electron chi connectivity index (χ2n) is 5.11. The lowest BCUT2D eigenvalue weighted by Gasteiger charge is -2.06. The molecule has 0 saturated heterocycles. The summed E-state index contributed by atoms with van der Waals surface area (Å²) in [4.78, 5) is 12.2. The van der Waals surface area contributed by atoms with Crippen molar-refractivity contribution in [2.24, 2.45) is 0 Å². The summed E-state index contributed by atoms with van der Waals surface area (Å²) in [6.45, 7) is 0.0633. The molecule has 0 aliphatic carbocycles. The fraction of sp³-hybridized carbons (Fsp3) is 0.118. The number of carbonyl (C=O) groups is 1. The van der Waals surface area contributed by atoms with Gasteiger partial charge in [-0.1, -0.05) is 18.2 Å². The molecular weight excluding hydrogens is 323 g/mol. The van der Waals surface area contributed by atoms with Gasteiger partial charge in [0.25, 0.3) is 0 Å². The highest BCUT2D eigenvalue weighted by molar-refractivity contribution is 6.10. The van der Waals surface area contributed by atoms with E-state index in [4.69, 9.17) is 15.2 Å². The first-order chi connectivity index (χ1) is 11.3. The minimum Gasteiger partial charge on any atom is -0.454 e. The van der Waals surface area contributed by atoms with Gasteiger partial charge in [-0.15, -0.1) is 0 Å². The van der Waals surface area contributed by atoms with Crippen LogP contribution in [-0.2, 0) is 6.18 Å². The SMILES string of the molecule is Nc1cc2c(cc1C(=O)/C=C/c1ccc(C(F)(F)F)cc1)OCO2. The Morgan fingerprint density at radius 3 is 2.33 bits per heavy atom. The first kappa shape index (κ1) is 15.9. The lowest BCUT2D eigenvalue weighted by molar-refractivity contribution is -0.137. The predicted octanol–water partition coefficient (Wildman–Crippen LogP) is 3.91. The monoisotopic (exact) mass is 335 g/mol. The molecule has 0 bridgehead atoms. The van der Waals surface area contributed by atoms with E-state index in [0.717, 1.165) is 12.1 Å². The molecule has 2 N–H and O–H groups in total. The molecule has 4 nitrogen and oxygen atoms in total. The van der Waals surface area contributed by atoms with Gasteiger partial charge >= 0.3 is 6.18 Å². The van der Waals surface area contributed by atoms with E-state index in [-0.39, 0.29) is 23.8 Å². The number of carbonyl (C=O) groups excluding carboxylic acids is 1. The summed E-state index contributed by atoms with van der Waals surface area (Å²) in [5.74, 6) is 0.511. The van der Waals surface area contributed by atoms with Gasteiger partial charge in [-0.25, -0.2) is 0 Å². The fourth-order valence-corrected chi connectivity index (χ4v) is 2.22. The van der Waals surface area contributed by atoms with Gasteiger partial charge in [-0.2, -0.15) is 13.2 Å². The smallest absolute Gasteiger partial charge is 0.416 e. The number of hydrogen-bond donors (Lipinski definition) is 1. The summed E-state index contributed by atoms with van der Waals surface area (Å²) >= 11 is 0.